The van der Waals surface area contributed by atoms with Crippen LogP contribution in [0.5, 0.6) is 0 Å². The number of rotatable bonds is 9. The normalized spacial score (nSPS) is 14.3. The van der Waals surface area contributed by atoms with Gasteiger partial charge in [-0.25, -0.2) is 0 Å². The Morgan fingerprint density at radius 1 is 0.308 bits per heavy atom. The van der Waals surface area contributed by atoms with Gasteiger partial charge in [-0.15, -0.1) is 0 Å². The fraction of sp³-hybridized carbons (Fsp3) is 0.389. The average Bonchev–Trinajstić information content (AvgIpc) is 3.50. The van der Waals surface area contributed by atoms with Crippen LogP contribution >= 0.6 is 0 Å². The van der Waals surface area contributed by atoms with E-state index in [4.69, 9.17) is 17.2 Å². The highest BCUT2D eigenvalue weighted by Gasteiger charge is 2.34. The van der Waals surface area contributed by atoms with Gasteiger partial charge in [-0.3, -0.25) is 0 Å². The summed E-state index contributed by atoms with van der Waals surface area (Å²) in [6.45, 7) is 27.7. The first-order chi connectivity index (χ1) is 36.4. The SMILES string of the molecule is CC(C)(N)c1ccc2c(c1-c1c(C(C)(C)O)ccc3c1CCCC3)CCCC2.CC(C)(N)c1ccc2ccccc2c1-c1c(C(C)(C)O)ccc2ccccc12.Cc1cccc(C(C)(C)N)c1-c1c(C)cccc1C(C)(C)O. The first-order valence-electron chi connectivity index (χ1n) is 28.5. The smallest absolute Gasteiger partial charge is 0.0846 e. The van der Waals surface area contributed by atoms with Gasteiger partial charge in [-0.05, 0) is 270 Å². The highest BCUT2D eigenvalue weighted by molar-refractivity contribution is 6.08. The van der Waals surface area contributed by atoms with E-state index in [0.717, 1.165) is 97.5 Å². The van der Waals surface area contributed by atoms with Crippen molar-refractivity contribution in [2.45, 2.75) is 182 Å². The molecule has 0 radical (unpaired) electrons. The Morgan fingerprint density at radius 2 is 0.615 bits per heavy atom. The van der Waals surface area contributed by atoms with E-state index >= 15 is 0 Å². The Bertz CT molecular complexity index is 3250. The van der Waals surface area contributed by atoms with Crippen molar-refractivity contribution in [1.82, 2.24) is 0 Å². The summed E-state index contributed by atoms with van der Waals surface area (Å²) in [5.74, 6) is 0. The quantitative estimate of drug-likeness (QED) is 0.0851. The number of hydrogen-bond donors (Lipinski definition) is 6. The molecule has 0 heterocycles. The third-order valence-corrected chi connectivity index (χ3v) is 16.3. The van der Waals surface area contributed by atoms with E-state index in [1.54, 1.807) is 0 Å². The van der Waals surface area contributed by atoms with Crippen LogP contribution in [-0.2, 0) is 59.1 Å². The molecule has 0 bridgehead atoms. The van der Waals surface area contributed by atoms with Crippen LogP contribution in [0.25, 0.3) is 54.9 Å². The first kappa shape index (κ1) is 58.2. The first-order valence-corrected chi connectivity index (χ1v) is 28.5. The molecular formula is C72H89N3O3. The molecule has 6 heteroatoms. The van der Waals surface area contributed by atoms with Crippen LogP contribution in [0.3, 0.4) is 0 Å². The van der Waals surface area contributed by atoms with E-state index in [1.807, 2.05) is 99.6 Å². The maximum atomic E-state index is 11.1. The van der Waals surface area contributed by atoms with Gasteiger partial charge in [0.2, 0.25) is 0 Å². The van der Waals surface area contributed by atoms with Crippen LogP contribution < -0.4 is 17.2 Å². The van der Waals surface area contributed by atoms with Crippen molar-refractivity contribution in [3.05, 3.63) is 200 Å². The molecule has 0 saturated carbocycles. The summed E-state index contributed by atoms with van der Waals surface area (Å²) >= 11 is 0. The van der Waals surface area contributed by atoms with Crippen molar-refractivity contribution in [3.63, 3.8) is 0 Å². The molecule has 78 heavy (non-hydrogen) atoms. The van der Waals surface area contributed by atoms with Crippen molar-refractivity contribution >= 4 is 21.5 Å². The molecule has 6 nitrogen and oxygen atoms in total. The number of aliphatic hydroxyl groups is 3. The Morgan fingerprint density at radius 3 is 1.06 bits per heavy atom. The van der Waals surface area contributed by atoms with Gasteiger partial charge in [-0.1, -0.05) is 133 Å². The largest absolute Gasteiger partial charge is 0.386 e. The monoisotopic (exact) mass is 1040 g/mol. The Kier molecular flexibility index (Phi) is 16.4. The minimum absolute atomic E-state index is 0.421. The van der Waals surface area contributed by atoms with Gasteiger partial charge in [0.1, 0.15) is 0 Å². The number of benzene rings is 8. The molecule has 0 unspecified atom stereocenters. The molecule has 2 aliphatic rings. The van der Waals surface area contributed by atoms with Crippen molar-refractivity contribution in [2.24, 2.45) is 17.2 Å². The maximum absolute atomic E-state index is 11.1. The molecule has 0 aliphatic heterocycles. The lowest BCUT2D eigenvalue weighted by atomic mass is 9.73. The van der Waals surface area contributed by atoms with Crippen LogP contribution in [0.1, 0.15) is 176 Å². The van der Waals surface area contributed by atoms with Crippen molar-refractivity contribution in [1.29, 1.82) is 0 Å². The Labute approximate surface area is 467 Å². The lowest BCUT2D eigenvalue weighted by molar-refractivity contribution is 0.0785. The molecule has 0 fully saturated rings. The van der Waals surface area contributed by atoms with Crippen molar-refractivity contribution < 1.29 is 15.3 Å². The molecule has 0 amide bonds. The summed E-state index contributed by atoms with van der Waals surface area (Å²) in [5, 5.41) is 37.3. The maximum Gasteiger partial charge on any atom is 0.0846 e. The lowest BCUT2D eigenvalue weighted by Gasteiger charge is -2.34. The molecule has 0 aromatic heterocycles. The molecule has 0 atom stereocenters. The highest BCUT2D eigenvalue weighted by atomic mass is 16.3. The van der Waals surface area contributed by atoms with Gasteiger partial charge in [-0.2, -0.15) is 0 Å². The second-order valence-electron chi connectivity index (χ2n) is 25.9. The zero-order chi connectivity index (χ0) is 56.9. The summed E-state index contributed by atoms with van der Waals surface area (Å²) in [6, 6.07) is 46.5. The fourth-order valence-corrected chi connectivity index (χ4v) is 12.4. The van der Waals surface area contributed by atoms with Gasteiger partial charge in [0.05, 0.1) is 16.8 Å². The summed E-state index contributed by atoms with van der Waals surface area (Å²) in [7, 11) is 0. The number of aryl methyl sites for hydroxylation is 4. The van der Waals surface area contributed by atoms with Gasteiger partial charge in [0.15, 0.2) is 0 Å². The number of fused-ring (bicyclic) bond motifs is 4. The summed E-state index contributed by atoms with van der Waals surface area (Å²) in [6.07, 6.45) is 9.50. The molecule has 8 aromatic rings. The number of hydrogen-bond acceptors (Lipinski definition) is 6. The van der Waals surface area contributed by atoms with Crippen molar-refractivity contribution in [2.75, 3.05) is 0 Å². The molecule has 410 valence electrons. The van der Waals surface area contributed by atoms with E-state index in [2.05, 4.69) is 131 Å². The number of nitrogens with two attached hydrogens (primary N) is 3. The zero-order valence-corrected chi connectivity index (χ0v) is 49.4. The summed E-state index contributed by atoms with van der Waals surface area (Å²) in [4.78, 5) is 0. The second kappa shape index (κ2) is 21.9. The van der Waals surface area contributed by atoms with Crippen LogP contribution in [0.15, 0.2) is 133 Å². The minimum atomic E-state index is -0.980. The second-order valence-corrected chi connectivity index (χ2v) is 25.9. The van der Waals surface area contributed by atoms with Gasteiger partial charge in [0.25, 0.3) is 0 Å². The summed E-state index contributed by atoms with van der Waals surface area (Å²) in [5.41, 5.74) is 37.1. The van der Waals surface area contributed by atoms with E-state index in [-0.39, 0.29) is 0 Å². The van der Waals surface area contributed by atoms with Gasteiger partial charge < -0.3 is 32.5 Å². The fourth-order valence-electron chi connectivity index (χ4n) is 12.4. The standard InChI is InChI=1S/C26H35NO.C26H27NO.C20H27NO/c2*1-25(2,27)21-15-13-17-9-5-7-11-19(17)23(21)24-20-12-8-6-10-18(20)14-16-22(24)26(3,4)28;1-13-9-7-11-15(19(3,4)21)17(13)18-14(2)10-8-12-16(18)20(5,6)22/h13-16,28H,5-12,27H2,1-4H3;5-16,28H,27H2,1-4H3;7-12,22H,21H2,1-6H3. The third-order valence-electron chi connectivity index (χ3n) is 16.3. The van der Waals surface area contributed by atoms with Gasteiger partial charge >= 0.3 is 0 Å². The topological polar surface area (TPSA) is 139 Å². The van der Waals surface area contributed by atoms with E-state index < -0.39 is 33.4 Å². The predicted octanol–water partition coefficient (Wildman–Crippen LogP) is 16.0. The average molecular weight is 1040 g/mol. The summed E-state index contributed by atoms with van der Waals surface area (Å²) < 4.78 is 0. The zero-order valence-electron chi connectivity index (χ0n) is 49.4. The van der Waals surface area contributed by atoms with Crippen molar-refractivity contribution in [3.8, 4) is 33.4 Å². The molecule has 0 spiro atoms. The van der Waals surface area contributed by atoms with Crippen LogP contribution in [-0.4, -0.2) is 15.3 Å². The molecule has 10 rings (SSSR count). The molecule has 0 saturated heterocycles. The predicted molar refractivity (Wildman–Crippen MR) is 331 cm³/mol. The third kappa shape index (κ3) is 12.1. The lowest BCUT2D eigenvalue weighted by Crippen LogP contribution is -2.31. The Hall–Kier alpha value is -5.96. The van der Waals surface area contributed by atoms with Crippen LogP contribution in [0.2, 0.25) is 0 Å². The van der Waals surface area contributed by atoms with E-state index in [9.17, 15) is 15.3 Å². The van der Waals surface area contributed by atoms with Crippen LogP contribution in [0.4, 0.5) is 0 Å². The Balaban J connectivity index is 0.000000156. The van der Waals surface area contributed by atoms with E-state index in [1.165, 1.54) is 75.6 Å². The van der Waals surface area contributed by atoms with Crippen LogP contribution in [0, 0.1) is 13.8 Å². The van der Waals surface area contributed by atoms with E-state index in [0.29, 0.717) is 0 Å². The molecule has 8 aromatic carbocycles. The minimum Gasteiger partial charge on any atom is -0.386 e. The molecule has 9 N–H and O–H groups in total. The molecular weight excluding hydrogens is 955 g/mol. The highest BCUT2D eigenvalue weighted by Crippen LogP contribution is 2.48. The molecule has 2 aliphatic carbocycles. The van der Waals surface area contributed by atoms with Gasteiger partial charge in [0, 0.05) is 16.6 Å².